The van der Waals surface area contributed by atoms with Gasteiger partial charge < -0.3 is 34.6 Å². The number of hydrogen-bond donors (Lipinski definition) is 6. The minimum atomic E-state index is -1.65. The fourth-order valence-corrected chi connectivity index (χ4v) is 7.18. The first-order chi connectivity index (χ1) is 29.0. The molecule has 15 heteroatoms. The number of pyridine rings is 1. The highest BCUT2D eigenvalue weighted by Crippen LogP contribution is 2.45. The molecule has 4 unspecified atom stereocenters. The van der Waals surface area contributed by atoms with Crippen molar-refractivity contribution in [3.05, 3.63) is 134 Å². The van der Waals surface area contributed by atoms with E-state index in [0.29, 0.717) is 33.2 Å². The molecule has 0 saturated carbocycles. The molecule has 61 heavy (non-hydrogen) atoms. The minimum Gasteiger partial charge on any atom is -0.491 e. The van der Waals surface area contributed by atoms with Crippen LogP contribution < -0.4 is 24.8 Å². The van der Waals surface area contributed by atoms with E-state index < -0.39 is 41.6 Å². The minimum absolute atomic E-state index is 0.0181. The first-order valence-electron chi connectivity index (χ1n) is 19.5. The number of aryl methyl sites for hydroxylation is 2. The van der Waals surface area contributed by atoms with Crippen LogP contribution in [0.25, 0.3) is 5.57 Å². The van der Waals surface area contributed by atoms with E-state index in [1.807, 2.05) is 31.2 Å². The van der Waals surface area contributed by atoms with Gasteiger partial charge in [0.15, 0.2) is 0 Å². The molecule has 0 radical (unpaired) electrons. The number of aliphatic hydroxyl groups is 2. The molecule has 3 aromatic carbocycles. The van der Waals surface area contributed by atoms with Gasteiger partial charge in [0.1, 0.15) is 54.2 Å². The Morgan fingerprint density at radius 3 is 2.02 bits per heavy atom. The highest BCUT2D eigenvalue weighted by Gasteiger charge is 2.41. The Hall–Kier alpha value is -5.46. The van der Waals surface area contributed by atoms with E-state index in [4.69, 9.17) is 37.4 Å². The van der Waals surface area contributed by atoms with Gasteiger partial charge in [-0.15, -0.1) is 0 Å². The zero-order valence-electron chi connectivity index (χ0n) is 34.6. The number of nitrogens with one attached hydrogen (secondary N) is 2. The van der Waals surface area contributed by atoms with E-state index >= 15 is 0 Å². The molecule has 4 atom stereocenters. The molecule has 0 saturated heterocycles. The van der Waals surface area contributed by atoms with E-state index in [0.717, 1.165) is 27.8 Å². The molecule has 1 aliphatic rings. The van der Waals surface area contributed by atoms with E-state index in [1.165, 1.54) is 20.0 Å². The molecule has 0 bridgehead atoms. The number of carbonyl (C=O) groups is 2. The maximum atomic E-state index is 12.0. The summed E-state index contributed by atoms with van der Waals surface area (Å²) < 4.78 is 19.4. The SMILES string of the molecule is Cc1cc(OCC2(COc3cc(OCc4cncc(C#N)c4)c(CNC(C)(CO)C(=O)O)cc3Cl)C=CC=C(c3ccccc3C)C2C)c(Cl)cc1CNC(C)(CO)C(=O)O. The Kier molecular flexibility index (Phi) is 15.2. The predicted octanol–water partition coefficient (Wildman–Crippen LogP) is 7.04. The van der Waals surface area contributed by atoms with Crippen LogP contribution in [0.1, 0.15) is 59.7 Å². The van der Waals surface area contributed by atoms with E-state index in [2.05, 4.69) is 53.7 Å². The summed E-state index contributed by atoms with van der Waals surface area (Å²) in [7, 11) is 0. The smallest absolute Gasteiger partial charge is 0.326 e. The Labute approximate surface area is 365 Å². The van der Waals surface area contributed by atoms with Crippen molar-refractivity contribution in [2.24, 2.45) is 11.3 Å². The lowest BCUT2D eigenvalue weighted by molar-refractivity contribution is -0.146. The van der Waals surface area contributed by atoms with Crippen molar-refractivity contribution in [1.82, 2.24) is 15.6 Å². The van der Waals surface area contributed by atoms with Crippen LogP contribution in [-0.2, 0) is 29.3 Å². The Bertz CT molecular complexity index is 2370. The number of ether oxygens (including phenoxy) is 3. The number of hydrogen-bond acceptors (Lipinski definition) is 11. The van der Waals surface area contributed by atoms with Crippen molar-refractivity contribution in [2.75, 3.05) is 26.4 Å². The van der Waals surface area contributed by atoms with Crippen LogP contribution in [-0.4, -0.2) is 74.9 Å². The molecular weight excluding hydrogens is 823 g/mol. The van der Waals surface area contributed by atoms with Crippen molar-refractivity contribution in [1.29, 1.82) is 5.26 Å². The maximum absolute atomic E-state index is 12.0. The van der Waals surface area contributed by atoms with Crippen molar-refractivity contribution in [3.63, 3.8) is 0 Å². The van der Waals surface area contributed by atoms with Gasteiger partial charge in [-0.05, 0) is 85.7 Å². The summed E-state index contributed by atoms with van der Waals surface area (Å²) in [6.45, 7) is 7.84. The van der Waals surface area contributed by atoms with Crippen LogP contribution in [0.5, 0.6) is 17.2 Å². The fourth-order valence-electron chi connectivity index (χ4n) is 6.70. The van der Waals surface area contributed by atoms with Gasteiger partial charge in [-0.2, -0.15) is 5.26 Å². The Morgan fingerprint density at radius 1 is 0.836 bits per heavy atom. The first-order valence-corrected chi connectivity index (χ1v) is 20.2. The number of carboxylic acid groups (broad SMARTS) is 2. The van der Waals surface area contributed by atoms with Crippen molar-refractivity contribution < 1.29 is 44.2 Å². The molecular formula is C46H50Cl2N4O9. The van der Waals surface area contributed by atoms with Crippen LogP contribution in [0.4, 0.5) is 0 Å². The van der Waals surface area contributed by atoms with Gasteiger partial charge in [-0.25, -0.2) is 0 Å². The summed E-state index contributed by atoms with van der Waals surface area (Å²) in [5.74, 6) is -1.58. The third-order valence-electron chi connectivity index (χ3n) is 11.2. The lowest BCUT2D eigenvalue weighted by Crippen LogP contribution is -2.52. The van der Waals surface area contributed by atoms with E-state index in [1.54, 1.807) is 36.5 Å². The molecule has 0 amide bonds. The molecule has 0 aliphatic heterocycles. The molecule has 322 valence electrons. The topological polar surface area (TPSA) is 203 Å². The second-order valence-electron chi connectivity index (χ2n) is 15.7. The van der Waals surface area contributed by atoms with Gasteiger partial charge in [-0.1, -0.05) is 72.6 Å². The van der Waals surface area contributed by atoms with Crippen LogP contribution in [0.15, 0.2) is 85.2 Å². The second-order valence-corrected chi connectivity index (χ2v) is 16.5. The monoisotopic (exact) mass is 872 g/mol. The average Bonchev–Trinajstić information content (AvgIpc) is 3.25. The number of carboxylic acids is 2. The standard InChI is InChI=1S/C46H50Cl2N4O9/c1-28-9-6-7-10-35(28)36-11-8-12-46(30(36)3,26-60-40-13-29(2)33(15-37(40)47)21-51-44(4,24-53)42(55)56)27-61-41-17-39(59-23-32-14-31(18-49)19-50-20-32)34(16-38(41)48)22-52-45(5,25-54)43(57)58/h6-17,19-20,30,51-54H,21-27H2,1-5H3,(H,55,56)(H,57,58). The number of aliphatic carboxylic acids is 2. The van der Waals surface area contributed by atoms with Crippen LogP contribution >= 0.6 is 23.2 Å². The number of benzene rings is 3. The molecule has 0 spiro atoms. The van der Waals surface area contributed by atoms with Crippen LogP contribution in [0.2, 0.25) is 10.0 Å². The number of rotatable bonds is 20. The number of aliphatic hydroxyl groups excluding tert-OH is 2. The Balaban J connectivity index is 1.47. The zero-order valence-corrected chi connectivity index (χ0v) is 36.1. The summed E-state index contributed by atoms with van der Waals surface area (Å²) in [4.78, 5) is 27.8. The van der Waals surface area contributed by atoms with Crippen molar-refractivity contribution in [3.8, 4) is 23.3 Å². The Morgan fingerprint density at radius 2 is 1.43 bits per heavy atom. The summed E-state index contributed by atoms with van der Waals surface area (Å²) in [6, 6.07) is 18.6. The summed E-state index contributed by atoms with van der Waals surface area (Å²) in [6.07, 6.45) is 9.11. The van der Waals surface area contributed by atoms with Crippen molar-refractivity contribution >= 4 is 40.7 Å². The van der Waals surface area contributed by atoms with Gasteiger partial charge in [0.05, 0.1) is 34.2 Å². The number of allylic oxidation sites excluding steroid dienone is 3. The highest BCUT2D eigenvalue weighted by atomic mass is 35.5. The van der Waals surface area contributed by atoms with Gasteiger partial charge in [-0.3, -0.25) is 25.2 Å². The van der Waals surface area contributed by atoms with Crippen LogP contribution in [0, 0.1) is 36.5 Å². The first kappa shape index (κ1) is 46.6. The molecule has 1 aliphatic carbocycles. The van der Waals surface area contributed by atoms with Gasteiger partial charge >= 0.3 is 11.9 Å². The number of aromatic nitrogens is 1. The second kappa shape index (κ2) is 19.9. The summed E-state index contributed by atoms with van der Waals surface area (Å²) in [5.41, 5.74) is 2.24. The number of nitriles is 1. The quantitative estimate of drug-likeness (QED) is 0.0528. The molecule has 6 N–H and O–H groups in total. The molecule has 0 fully saturated rings. The predicted molar refractivity (Wildman–Crippen MR) is 232 cm³/mol. The van der Waals surface area contributed by atoms with Gasteiger partial charge in [0.25, 0.3) is 0 Å². The third kappa shape index (κ3) is 10.9. The normalized spacial score (nSPS) is 18.0. The van der Waals surface area contributed by atoms with E-state index in [9.17, 15) is 35.3 Å². The summed E-state index contributed by atoms with van der Waals surface area (Å²) >= 11 is 13.7. The molecule has 1 aromatic heterocycles. The molecule has 13 nitrogen and oxygen atoms in total. The van der Waals surface area contributed by atoms with Gasteiger partial charge in [0, 0.05) is 42.7 Å². The maximum Gasteiger partial charge on any atom is 0.326 e. The number of halogens is 2. The van der Waals surface area contributed by atoms with E-state index in [-0.39, 0.29) is 49.6 Å². The molecule has 1 heterocycles. The van der Waals surface area contributed by atoms with Crippen LogP contribution in [0.3, 0.4) is 0 Å². The highest BCUT2D eigenvalue weighted by molar-refractivity contribution is 6.32. The largest absolute Gasteiger partial charge is 0.491 e. The summed E-state index contributed by atoms with van der Waals surface area (Å²) in [5, 5.41) is 54.7. The number of nitrogens with zero attached hydrogens (tertiary/aromatic N) is 2. The molecule has 4 aromatic rings. The lowest BCUT2D eigenvalue weighted by Gasteiger charge is -2.40. The third-order valence-corrected chi connectivity index (χ3v) is 11.8. The zero-order chi connectivity index (χ0) is 44.5. The molecule has 5 rings (SSSR count). The van der Waals surface area contributed by atoms with Gasteiger partial charge in [0.2, 0.25) is 0 Å². The lowest BCUT2D eigenvalue weighted by atomic mass is 9.69. The van der Waals surface area contributed by atoms with Crippen molar-refractivity contribution in [2.45, 2.75) is 65.4 Å². The fraction of sp³-hybridized carbons (Fsp3) is 0.348. The average molecular weight is 874 g/mol.